The Kier molecular flexibility index (Phi) is 4.49. The lowest BCUT2D eigenvalue weighted by atomic mass is 10.0. The quantitative estimate of drug-likeness (QED) is 0.175. The van der Waals surface area contributed by atoms with Crippen molar-refractivity contribution in [3.63, 3.8) is 0 Å². The number of nitrogens with two attached hydrogens (primary N) is 1. The van der Waals surface area contributed by atoms with Crippen LogP contribution in [0.2, 0.25) is 0 Å². The Morgan fingerprint density at radius 2 is 1.63 bits per heavy atom. The van der Waals surface area contributed by atoms with Crippen molar-refractivity contribution in [3.8, 4) is 11.1 Å². The van der Waals surface area contributed by atoms with E-state index < -0.39 is 0 Å². The Morgan fingerprint density at radius 1 is 0.889 bits per heavy atom. The van der Waals surface area contributed by atoms with Crippen molar-refractivity contribution in [3.05, 3.63) is 96.2 Å². The molecule has 0 unspecified atom stereocenters. The molecule has 1 aromatic heterocycles. The average molecular weight is 353 g/mol. The Balaban J connectivity index is 1.57. The van der Waals surface area contributed by atoms with Crippen molar-refractivity contribution in [2.24, 2.45) is 16.2 Å². The lowest BCUT2D eigenvalue weighted by molar-refractivity contribution is 0.837. The number of amidine groups is 1. The van der Waals surface area contributed by atoms with Crippen LogP contribution in [0.4, 0.5) is 0 Å². The Labute approximate surface area is 157 Å². The van der Waals surface area contributed by atoms with Crippen molar-refractivity contribution < 1.29 is 0 Å². The molecule has 4 rings (SSSR count). The van der Waals surface area contributed by atoms with E-state index in [9.17, 15) is 0 Å². The molecular formula is C22H19N5. The van der Waals surface area contributed by atoms with E-state index >= 15 is 0 Å². The highest BCUT2D eigenvalue weighted by Crippen LogP contribution is 2.22. The van der Waals surface area contributed by atoms with E-state index in [0.717, 1.165) is 17.4 Å². The fourth-order valence-corrected chi connectivity index (χ4v) is 3.23. The highest BCUT2D eigenvalue weighted by molar-refractivity contribution is 6.00. The van der Waals surface area contributed by atoms with Gasteiger partial charge in [0.05, 0.1) is 0 Å². The van der Waals surface area contributed by atoms with E-state index in [1.807, 2.05) is 30.3 Å². The first-order chi connectivity index (χ1) is 13.2. The lowest BCUT2D eigenvalue weighted by Gasteiger charge is -2.08. The van der Waals surface area contributed by atoms with Crippen molar-refractivity contribution >= 4 is 16.7 Å². The zero-order chi connectivity index (χ0) is 18.6. The van der Waals surface area contributed by atoms with Crippen molar-refractivity contribution in [2.45, 2.75) is 6.54 Å². The molecule has 1 heterocycles. The van der Waals surface area contributed by atoms with E-state index in [0.29, 0.717) is 5.56 Å². The van der Waals surface area contributed by atoms with Crippen LogP contribution in [0.5, 0.6) is 0 Å². The molecule has 0 aliphatic rings. The standard InChI is InChI=1S/C22H19N5/c23-22(25-26-24)20-10-11-21-19(14-20)12-13-27(21)15-16-6-8-18(9-7-16)17-4-2-1-3-5-17/h1-14H,15H2,(H3,23,24,25). The Morgan fingerprint density at radius 3 is 2.37 bits per heavy atom. The van der Waals surface area contributed by atoms with Gasteiger partial charge in [0.1, 0.15) is 0 Å². The number of fused-ring (bicyclic) bond motifs is 1. The zero-order valence-electron chi connectivity index (χ0n) is 14.7. The minimum atomic E-state index is 0.0589. The van der Waals surface area contributed by atoms with Crippen LogP contribution in [0.25, 0.3) is 22.0 Å². The van der Waals surface area contributed by atoms with Gasteiger partial charge in [-0.25, -0.2) is 0 Å². The van der Waals surface area contributed by atoms with Crippen molar-refractivity contribution in [1.29, 1.82) is 5.41 Å². The molecule has 0 saturated carbocycles. The molecule has 3 N–H and O–H groups in total. The van der Waals surface area contributed by atoms with E-state index in [-0.39, 0.29) is 5.84 Å². The summed E-state index contributed by atoms with van der Waals surface area (Å²) in [7, 11) is 0. The molecule has 0 spiro atoms. The molecule has 4 aromatic rings. The van der Waals surface area contributed by atoms with E-state index in [1.165, 1.54) is 16.7 Å². The number of aromatic nitrogens is 1. The number of benzene rings is 3. The third-order valence-electron chi connectivity index (χ3n) is 4.62. The topological polar surface area (TPSA) is 79.5 Å². The summed E-state index contributed by atoms with van der Waals surface area (Å²) in [5.41, 5.74) is 5.49. The summed E-state index contributed by atoms with van der Waals surface area (Å²) in [6, 6.07) is 26.9. The van der Waals surface area contributed by atoms with Crippen LogP contribution in [0.1, 0.15) is 11.1 Å². The molecule has 0 bridgehead atoms. The summed E-state index contributed by atoms with van der Waals surface area (Å²) in [5.74, 6) is 5.09. The van der Waals surface area contributed by atoms with Gasteiger partial charge in [0.15, 0.2) is 5.84 Å². The molecule has 0 aliphatic carbocycles. The largest absolute Gasteiger partial charge is 0.343 e. The third kappa shape index (κ3) is 3.48. The van der Waals surface area contributed by atoms with Gasteiger partial charge in [0.2, 0.25) is 0 Å². The smallest absolute Gasteiger partial charge is 0.176 e. The zero-order valence-corrected chi connectivity index (χ0v) is 14.7. The molecule has 0 saturated heterocycles. The number of hydrogen-bond acceptors (Lipinski definition) is 2. The second-order valence-electron chi connectivity index (χ2n) is 6.34. The van der Waals surface area contributed by atoms with Crippen LogP contribution in [-0.2, 0) is 6.54 Å². The van der Waals surface area contributed by atoms with E-state index in [2.05, 4.69) is 69.6 Å². The normalized spacial score (nSPS) is 11.3. The molecular weight excluding hydrogens is 334 g/mol. The van der Waals surface area contributed by atoms with Crippen LogP contribution in [0.3, 0.4) is 0 Å². The maximum Gasteiger partial charge on any atom is 0.176 e. The molecule has 3 aromatic carbocycles. The fraction of sp³-hybridized carbons (Fsp3) is 0.0455. The van der Waals surface area contributed by atoms with Crippen LogP contribution < -0.4 is 5.84 Å². The molecule has 132 valence electrons. The predicted octanol–water partition coefficient (Wildman–Crippen LogP) is 5.01. The van der Waals surface area contributed by atoms with Crippen LogP contribution in [-0.4, -0.2) is 10.4 Å². The van der Waals surface area contributed by atoms with Gasteiger partial charge >= 0.3 is 0 Å². The number of rotatable bonds is 4. The van der Waals surface area contributed by atoms with E-state index in [1.54, 1.807) is 0 Å². The maximum atomic E-state index is 7.83. The second kappa shape index (κ2) is 7.25. The molecule has 5 heteroatoms. The van der Waals surface area contributed by atoms with Gasteiger partial charge in [0, 0.05) is 29.2 Å². The van der Waals surface area contributed by atoms with Gasteiger partial charge in [-0.2, -0.15) is 0 Å². The van der Waals surface area contributed by atoms with Gasteiger partial charge in [0.25, 0.3) is 0 Å². The fourth-order valence-electron chi connectivity index (χ4n) is 3.23. The predicted molar refractivity (Wildman–Crippen MR) is 109 cm³/mol. The van der Waals surface area contributed by atoms with Gasteiger partial charge in [-0.15, -0.1) is 5.11 Å². The average Bonchev–Trinajstić information content (AvgIpc) is 3.11. The highest BCUT2D eigenvalue weighted by atomic mass is 15.3. The molecule has 5 nitrogen and oxygen atoms in total. The first kappa shape index (κ1) is 16.7. The van der Waals surface area contributed by atoms with Gasteiger partial charge in [-0.05, 0) is 41.0 Å². The summed E-state index contributed by atoms with van der Waals surface area (Å²) in [6.45, 7) is 0.790. The first-order valence-corrected chi connectivity index (χ1v) is 8.68. The third-order valence-corrected chi connectivity index (χ3v) is 4.62. The first-order valence-electron chi connectivity index (χ1n) is 8.68. The van der Waals surface area contributed by atoms with E-state index in [4.69, 9.17) is 11.3 Å². The molecule has 27 heavy (non-hydrogen) atoms. The van der Waals surface area contributed by atoms with Crippen LogP contribution in [0.15, 0.2) is 95.4 Å². The van der Waals surface area contributed by atoms with Crippen LogP contribution in [0, 0.1) is 5.41 Å². The molecule has 0 atom stereocenters. The minimum Gasteiger partial charge on any atom is -0.343 e. The molecule has 0 amide bonds. The summed E-state index contributed by atoms with van der Waals surface area (Å²) in [5, 5.41) is 15.7. The van der Waals surface area contributed by atoms with Crippen molar-refractivity contribution in [2.75, 3.05) is 0 Å². The van der Waals surface area contributed by atoms with Gasteiger partial charge < -0.3 is 10.4 Å². The summed E-state index contributed by atoms with van der Waals surface area (Å²) < 4.78 is 2.20. The van der Waals surface area contributed by atoms with Crippen molar-refractivity contribution in [1.82, 2.24) is 4.57 Å². The number of nitrogens with one attached hydrogen (secondary N) is 1. The SMILES string of the molecule is N=C(N=NN)c1ccc2c(ccn2Cc2ccc(-c3ccccc3)cc2)c1. The molecule has 0 fully saturated rings. The summed E-state index contributed by atoms with van der Waals surface area (Å²) in [6.07, 6.45) is 2.06. The Hall–Kier alpha value is -3.73. The van der Waals surface area contributed by atoms with Crippen LogP contribution >= 0.6 is 0 Å². The molecule has 0 radical (unpaired) electrons. The maximum absolute atomic E-state index is 7.83. The van der Waals surface area contributed by atoms with Gasteiger partial charge in [-0.3, -0.25) is 5.41 Å². The number of hydrogen-bond donors (Lipinski definition) is 2. The number of nitrogens with zero attached hydrogens (tertiary/aromatic N) is 3. The Bertz CT molecular complexity index is 1110. The second-order valence-corrected chi connectivity index (χ2v) is 6.34. The van der Waals surface area contributed by atoms with Gasteiger partial charge in [-0.1, -0.05) is 59.8 Å². The minimum absolute atomic E-state index is 0.0589. The lowest BCUT2D eigenvalue weighted by Crippen LogP contribution is -1.99. The highest BCUT2D eigenvalue weighted by Gasteiger charge is 2.06. The monoisotopic (exact) mass is 353 g/mol. The summed E-state index contributed by atoms with van der Waals surface area (Å²) in [4.78, 5) is 0. The summed E-state index contributed by atoms with van der Waals surface area (Å²) >= 11 is 0. The molecule has 0 aliphatic heterocycles.